The lowest BCUT2D eigenvalue weighted by Crippen LogP contribution is -2.39. The fraction of sp³-hybridized carbons (Fsp3) is 0.147. The van der Waals surface area contributed by atoms with Crippen LogP contribution in [-0.4, -0.2) is 17.1 Å². The molecule has 6 nitrogen and oxygen atoms in total. The monoisotopic (exact) mass is 594 g/mol. The average Bonchev–Trinajstić information content (AvgIpc) is 3.29. The first-order valence-electron chi connectivity index (χ1n) is 13.6. The van der Waals surface area contributed by atoms with Gasteiger partial charge in [-0.25, -0.2) is 9.79 Å². The van der Waals surface area contributed by atoms with Crippen molar-refractivity contribution >= 4 is 45.8 Å². The molecule has 0 fully saturated rings. The second kappa shape index (κ2) is 11.8. The van der Waals surface area contributed by atoms with Crippen LogP contribution in [-0.2, 0) is 16.1 Å². The largest absolute Gasteiger partial charge is 0.489 e. The summed E-state index contributed by atoms with van der Waals surface area (Å²) in [6.45, 7) is 4.15. The number of hydrogen-bond acceptors (Lipinski definition) is 6. The van der Waals surface area contributed by atoms with Crippen molar-refractivity contribution in [1.29, 1.82) is 0 Å². The Hall–Kier alpha value is -4.46. The number of fused-ring (bicyclic) bond motifs is 2. The van der Waals surface area contributed by atoms with E-state index in [0.29, 0.717) is 38.0 Å². The summed E-state index contributed by atoms with van der Waals surface area (Å²) in [5.41, 5.74) is 3.28. The van der Waals surface area contributed by atoms with Gasteiger partial charge in [-0.2, -0.15) is 0 Å². The van der Waals surface area contributed by atoms with E-state index in [0.717, 1.165) is 22.1 Å². The number of rotatable bonds is 7. The maximum atomic E-state index is 13.9. The van der Waals surface area contributed by atoms with Crippen molar-refractivity contribution in [3.8, 4) is 5.75 Å². The van der Waals surface area contributed by atoms with Gasteiger partial charge in [0.2, 0.25) is 0 Å². The van der Waals surface area contributed by atoms with Gasteiger partial charge in [0.05, 0.1) is 28.5 Å². The number of hydrogen-bond donors (Lipinski definition) is 0. The van der Waals surface area contributed by atoms with Gasteiger partial charge >= 0.3 is 5.97 Å². The first kappa shape index (κ1) is 27.7. The third kappa shape index (κ3) is 5.41. The maximum Gasteiger partial charge on any atom is 0.338 e. The minimum Gasteiger partial charge on any atom is -0.489 e. The van der Waals surface area contributed by atoms with Crippen LogP contribution in [0.25, 0.3) is 16.8 Å². The van der Waals surface area contributed by atoms with Crippen molar-refractivity contribution in [2.75, 3.05) is 6.61 Å². The molecular formula is C34H27ClN2O4S. The predicted molar refractivity (Wildman–Crippen MR) is 167 cm³/mol. The fourth-order valence-corrected chi connectivity index (χ4v) is 6.35. The van der Waals surface area contributed by atoms with Crippen molar-refractivity contribution in [2.24, 2.45) is 4.99 Å². The number of nitrogens with zero attached hydrogens (tertiary/aromatic N) is 2. The molecule has 42 heavy (non-hydrogen) atoms. The summed E-state index contributed by atoms with van der Waals surface area (Å²) in [6.07, 6.45) is 1.83. The standard InChI is InChI=1S/C34H27ClN2O4S/c1-3-40-33(39)30-21(2)36-34-37(31(30)24-14-16-26(35)17-15-24)32(38)29(42-34)19-22-8-6-12-27(18-22)41-20-25-11-7-10-23-9-4-5-13-28(23)25/h4-19,31H,3,20H2,1-2H3/b29-19+/t31-/m0/s1. The number of aromatic nitrogens is 1. The number of ether oxygens (including phenoxy) is 2. The molecule has 1 aliphatic rings. The molecule has 0 aliphatic carbocycles. The minimum atomic E-state index is -0.685. The SMILES string of the molecule is CCOC(=O)C1=C(C)N=c2s/c(=C/c3cccc(OCc4cccc5ccccc45)c3)c(=O)n2[C@H]1c1ccc(Cl)cc1. The highest BCUT2D eigenvalue weighted by Gasteiger charge is 2.33. The molecule has 0 N–H and O–H groups in total. The molecule has 0 radical (unpaired) electrons. The van der Waals surface area contributed by atoms with Crippen LogP contribution in [0.3, 0.4) is 0 Å². The van der Waals surface area contributed by atoms with E-state index < -0.39 is 12.0 Å². The van der Waals surface area contributed by atoms with E-state index in [1.54, 1.807) is 30.5 Å². The molecule has 0 amide bonds. The van der Waals surface area contributed by atoms with Crippen molar-refractivity contribution < 1.29 is 14.3 Å². The smallest absolute Gasteiger partial charge is 0.338 e. The number of thiazole rings is 1. The van der Waals surface area contributed by atoms with E-state index in [-0.39, 0.29) is 12.2 Å². The lowest BCUT2D eigenvalue weighted by Gasteiger charge is -2.24. The highest BCUT2D eigenvalue weighted by atomic mass is 35.5. The normalized spacial score (nSPS) is 14.9. The summed E-state index contributed by atoms with van der Waals surface area (Å²) in [5, 5.41) is 2.89. The van der Waals surface area contributed by atoms with Crippen molar-refractivity contribution in [3.63, 3.8) is 0 Å². The zero-order valence-electron chi connectivity index (χ0n) is 23.0. The number of carbonyl (C=O) groups is 1. The van der Waals surface area contributed by atoms with E-state index in [1.807, 2.05) is 60.7 Å². The van der Waals surface area contributed by atoms with Gasteiger partial charge in [0.1, 0.15) is 12.4 Å². The first-order valence-corrected chi connectivity index (χ1v) is 14.8. The van der Waals surface area contributed by atoms with Crippen molar-refractivity contribution in [1.82, 2.24) is 4.57 Å². The summed E-state index contributed by atoms with van der Waals surface area (Å²) >= 11 is 7.43. The highest BCUT2D eigenvalue weighted by Crippen LogP contribution is 2.31. The van der Waals surface area contributed by atoms with Crippen LogP contribution in [0.5, 0.6) is 5.75 Å². The molecule has 0 saturated heterocycles. The Morgan fingerprint density at radius 1 is 1.02 bits per heavy atom. The van der Waals surface area contributed by atoms with Crippen LogP contribution in [0.15, 0.2) is 112 Å². The van der Waals surface area contributed by atoms with Crippen LogP contribution in [0.1, 0.15) is 36.6 Å². The molecule has 6 rings (SSSR count). The van der Waals surface area contributed by atoms with E-state index >= 15 is 0 Å². The second-order valence-corrected chi connectivity index (χ2v) is 11.3. The third-order valence-corrected chi connectivity index (χ3v) is 8.37. The predicted octanol–water partition coefficient (Wildman–Crippen LogP) is 6.18. The maximum absolute atomic E-state index is 13.9. The number of benzene rings is 4. The van der Waals surface area contributed by atoms with Crippen LogP contribution >= 0.6 is 22.9 Å². The quantitative estimate of drug-likeness (QED) is 0.211. The van der Waals surface area contributed by atoms with E-state index in [2.05, 4.69) is 29.3 Å². The molecular weight excluding hydrogens is 568 g/mol. The Morgan fingerprint density at radius 2 is 1.79 bits per heavy atom. The zero-order chi connectivity index (χ0) is 29.2. The summed E-state index contributed by atoms with van der Waals surface area (Å²) in [4.78, 5) is 32.1. The van der Waals surface area contributed by atoms with Gasteiger partial charge < -0.3 is 9.47 Å². The molecule has 8 heteroatoms. The van der Waals surface area contributed by atoms with Gasteiger partial charge in [0.25, 0.3) is 5.56 Å². The van der Waals surface area contributed by atoms with Crippen LogP contribution < -0.4 is 19.6 Å². The summed E-state index contributed by atoms with van der Waals surface area (Å²) < 4.78 is 13.6. The van der Waals surface area contributed by atoms with E-state index in [9.17, 15) is 9.59 Å². The second-order valence-electron chi connectivity index (χ2n) is 9.85. The molecule has 4 aromatic carbocycles. The molecule has 0 bridgehead atoms. The van der Waals surface area contributed by atoms with E-state index in [4.69, 9.17) is 21.1 Å². The number of esters is 1. The highest BCUT2D eigenvalue weighted by molar-refractivity contribution is 7.07. The first-order chi connectivity index (χ1) is 20.4. The zero-order valence-corrected chi connectivity index (χ0v) is 24.6. The molecule has 0 unspecified atom stereocenters. The van der Waals surface area contributed by atoms with Gasteiger partial charge in [0.15, 0.2) is 4.80 Å². The number of halogens is 1. The van der Waals surface area contributed by atoms with Gasteiger partial charge in [-0.15, -0.1) is 0 Å². The van der Waals surface area contributed by atoms with Crippen molar-refractivity contribution in [2.45, 2.75) is 26.5 Å². The number of allylic oxidation sites excluding steroid dienone is 1. The fourth-order valence-electron chi connectivity index (χ4n) is 5.18. The van der Waals surface area contributed by atoms with Gasteiger partial charge in [-0.1, -0.05) is 89.7 Å². The van der Waals surface area contributed by atoms with Gasteiger partial charge in [-0.05, 0) is 71.7 Å². The molecule has 1 aliphatic heterocycles. The molecule has 1 atom stereocenters. The topological polar surface area (TPSA) is 69.9 Å². The Kier molecular flexibility index (Phi) is 7.78. The molecule has 2 heterocycles. The Balaban J connectivity index is 1.36. The molecule has 1 aromatic heterocycles. The van der Waals surface area contributed by atoms with Gasteiger partial charge in [0, 0.05) is 5.02 Å². The summed E-state index contributed by atoms with van der Waals surface area (Å²) in [7, 11) is 0. The van der Waals surface area contributed by atoms with Crippen LogP contribution in [0, 0.1) is 0 Å². The molecule has 210 valence electrons. The lowest BCUT2D eigenvalue weighted by atomic mass is 9.96. The summed E-state index contributed by atoms with van der Waals surface area (Å²) in [6, 6.07) is 28.5. The average molecular weight is 595 g/mol. The van der Waals surface area contributed by atoms with Crippen LogP contribution in [0.2, 0.25) is 5.02 Å². The Morgan fingerprint density at radius 3 is 2.60 bits per heavy atom. The van der Waals surface area contributed by atoms with E-state index in [1.165, 1.54) is 16.7 Å². The lowest BCUT2D eigenvalue weighted by molar-refractivity contribution is -0.139. The molecule has 0 saturated carbocycles. The number of carbonyl (C=O) groups excluding carboxylic acids is 1. The Labute approximate surface area is 251 Å². The van der Waals surface area contributed by atoms with Gasteiger partial charge in [-0.3, -0.25) is 9.36 Å². The molecule has 0 spiro atoms. The summed E-state index contributed by atoms with van der Waals surface area (Å²) in [5.74, 6) is 0.202. The minimum absolute atomic E-state index is 0.215. The third-order valence-electron chi connectivity index (χ3n) is 7.13. The van der Waals surface area contributed by atoms with Crippen LogP contribution in [0.4, 0.5) is 0 Å². The molecule has 5 aromatic rings. The Bertz CT molecular complexity index is 2020. The van der Waals surface area contributed by atoms with Crippen molar-refractivity contribution in [3.05, 3.63) is 144 Å².